The summed E-state index contributed by atoms with van der Waals surface area (Å²) < 4.78 is 29.8. The van der Waals surface area contributed by atoms with Crippen LogP contribution in [0, 0.1) is 26.7 Å². The van der Waals surface area contributed by atoms with Gasteiger partial charge in [-0.2, -0.15) is 0 Å². The minimum absolute atomic E-state index is 0.0538. The molecule has 5 rings (SSSR count). The predicted molar refractivity (Wildman–Crippen MR) is 147 cm³/mol. The summed E-state index contributed by atoms with van der Waals surface area (Å²) >= 11 is 1.71. The first-order valence-electron chi connectivity index (χ1n) is 14.4. The van der Waals surface area contributed by atoms with Gasteiger partial charge in [0.1, 0.15) is 11.6 Å². The van der Waals surface area contributed by atoms with Crippen LogP contribution in [0.25, 0.3) is 0 Å². The zero-order valence-corrected chi connectivity index (χ0v) is 24.3. The van der Waals surface area contributed by atoms with Crippen LogP contribution in [0.2, 0.25) is 0 Å². The molecule has 0 radical (unpaired) electrons. The summed E-state index contributed by atoms with van der Waals surface area (Å²) in [6, 6.07) is 1.43. The van der Waals surface area contributed by atoms with Crippen LogP contribution in [0.3, 0.4) is 0 Å². The third-order valence-electron chi connectivity index (χ3n) is 9.35. The summed E-state index contributed by atoms with van der Waals surface area (Å²) in [6.45, 7) is 11.6. The van der Waals surface area contributed by atoms with E-state index in [1.807, 2.05) is 0 Å². The highest BCUT2D eigenvalue weighted by Gasteiger charge is 2.43. The molecule has 2 aromatic heterocycles. The molecule has 9 heteroatoms. The Kier molecular flexibility index (Phi) is 7.98. The van der Waals surface area contributed by atoms with E-state index in [-0.39, 0.29) is 43.6 Å². The summed E-state index contributed by atoms with van der Waals surface area (Å²) in [6.07, 6.45) is 5.66. The second-order valence-corrected chi connectivity index (χ2v) is 13.2. The fourth-order valence-electron chi connectivity index (χ4n) is 7.06. The zero-order valence-electron chi connectivity index (χ0n) is 23.5. The summed E-state index contributed by atoms with van der Waals surface area (Å²) in [5, 5.41) is 14.3. The van der Waals surface area contributed by atoms with Crippen molar-refractivity contribution in [1.29, 1.82) is 0 Å². The molecule has 1 aliphatic carbocycles. The predicted octanol–water partition coefficient (Wildman–Crippen LogP) is 6.63. The number of carbonyl (C=O) groups excluding carboxylic acids is 1. The fourth-order valence-corrected chi connectivity index (χ4v) is 8.22. The smallest absolute Gasteiger partial charge is 0.248 e. The molecule has 2 aromatic rings. The van der Waals surface area contributed by atoms with Gasteiger partial charge in [0.25, 0.3) is 0 Å². The first-order valence-corrected chi connectivity index (χ1v) is 15.3. The van der Waals surface area contributed by atoms with Gasteiger partial charge < -0.3 is 9.88 Å². The normalized spacial score (nSPS) is 26.7. The number of aryl methyl sites for hydroxylation is 2. The molecule has 3 atom stereocenters. The second-order valence-electron chi connectivity index (χ2n) is 12.3. The van der Waals surface area contributed by atoms with Crippen LogP contribution in [0.5, 0.6) is 0 Å². The molecule has 3 aliphatic rings. The summed E-state index contributed by atoms with van der Waals surface area (Å²) in [5.74, 6) is -0.534. The van der Waals surface area contributed by atoms with Crippen LogP contribution < -0.4 is 5.32 Å². The van der Waals surface area contributed by atoms with Crippen LogP contribution in [0.4, 0.5) is 8.78 Å². The van der Waals surface area contributed by atoms with Crippen molar-refractivity contribution >= 4 is 17.2 Å². The molecule has 210 valence electrons. The number of rotatable bonds is 8. The van der Waals surface area contributed by atoms with Gasteiger partial charge >= 0.3 is 0 Å². The number of piperidine rings is 1. The van der Waals surface area contributed by atoms with Gasteiger partial charge in [-0.05, 0) is 82.2 Å². The lowest BCUT2D eigenvalue weighted by atomic mass is 9.86. The molecule has 4 heterocycles. The number of thiophene rings is 1. The molecule has 1 amide bonds. The lowest BCUT2D eigenvalue weighted by molar-refractivity contribution is -0.130. The van der Waals surface area contributed by atoms with Crippen molar-refractivity contribution in [3.05, 3.63) is 33.0 Å². The SMILES string of the molecule is Cc1csc([C@H](CCN2C3CCC2CC(n2c(C)nnc2C(C)C)C3)NC(=O)C2CCC(F)(F)CC2)c1C. The Balaban J connectivity index is 1.26. The minimum Gasteiger partial charge on any atom is -0.348 e. The van der Waals surface area contributed by atoms with Crippen LogP contribution in [-0.2, 0) is 4.79 Å². The number of halogens is 2. The maximum atomic E-state index is 13.7. The molecular weight excluding hydrogens is 504 g/mol. The monoisotopic (exact) mass is 547 g/mol. The quantitative estimate of drug-likeness (QED) is 0.403. The van der Waals surface area contributed by atoms with E-state index in [9.17, 15) is 13.6 Å². The van der Waals surface area contributed by atoms with Crippen molar-refractivity contribution in [1.82, 2.24) is 25.0 Å². The van der Waals surface area contributed by atoms with E-state index in [0.29, 0.717) is 24.0 Å². The summed E-state index contributed by atoms with van der Waals surface area (Å²) in [4.78, 5) is 17.1. The Labute approximate surface area is 229 Å². The Morgan fingerprint density at radius 1 is 1.08 bits per heavy atom. The lowest BCUT2D eigenvalue weighted by Gasteiger charge is -2.40. The van der Waals surface area contributed by atoms with Crippen LogP contribution >= 0.6 is 11.3 Å². The number of hydrogen-bond acceptors (Lipinski definition) is 5. The van der Waals surface area contributed by atoms with Gasteiger partial charge in [0.15, 0.2) is 0 Å². The van der Waals surface area contributed by atoms with Gasteiger partial charge in [0, 0.05) is 54.2 Å². The molecule has 2 saturated heterocycles. The van der Waals surface area contributed by atoms with E-state index in [4.69, 9.17) is 0 Å². The molecule has 2 bridgehead atoms. The fraction of sp³-hybridized carbons (Fsp3) is 0.759. The van der Waals surface area contributed by atoms with Crippen LogP contribution in [-0.4, -0.2) is 50.1 Å². The summed E-state index contributed by atoms with van der Waals surface area (Å²) in [5.41, 5.74) is 2.48. The molecule has 6 nitrogen and oxygen atoms in total. The first kappa shape index (κ1) is 27.7. The maximum Gasteiger partial charge on any atom is 0.248 e. The summed E-state index contributed by atoms with van der Waals surface area (Å²) in [7, 11) is 0. The Bertz CT molecular complexity index is 1120. The number of alkyl halides is 2. The van der Waals surface area contributed by atoms with Gasteiger partial charge in [0.05, 0.1) is 6.04 Å². The Morgan fingerprint density at radius 2 is 1.74 bits per heavy atom. The second kappa shape index (κ2) is 11.0. The van der Waals surface area contributed by atoms with Crippen LogP contribution in [0.15, 0.2) is 5.38 Å². The number of amides is 1. The highest BCUT2D eigenvalue weighted by atomic mass is 32.1. The molecule has 3 fully saturated rings. The number of nitrogens with one attached hydrogen (secondary N) is 1. The van der Waals surface area contributed by atoms with Gasteiger partial charge in [-0.1, -0.05) is 13.8 Å². The average molecular weight is 548 g/mol. The minimum atomic E-state index is -2.62. The first-order chi connectivity index (χ1) is 18.0. The number of carbonyl (C=O) groups is 1. The van der Waals surface area contributed by atoms with Crippen molar-refractivity contribution in [2.24, 2.45) is 5.92 Å². The molecule has 1 N–H and O–H groups in total. The van der Waals surface area contributed by atoms with Crippen molar-refractivity contribution in [3.8, 4) is 0 Å². The topological polar surface area (TPSA) is 63.1 Å². The standard InChI is InChI=1S/C29H43F2N5OS/c1-17(2)27-34-33-20(5)36(27)24-14-22-6-7-23(15-24)35(22)13-10-25(26-19(4)18(3)16-38-26)32-28(37)21-8-11-29(30,31)12-9-21/h16-17,21-25H,6-15H2,1-5H3,(H,32,37)/t22?,23?,24?,25-/m0/s1. The molecule has 1 saturated carbocycles. The van der Waals surface area contributed by atoms with Gasteiger partial charge in [-0.25, -0.2) is 8.78 Å². The van der Waals surface area contributed by atoms with Gasteiger partial charge in [-0.15, -0.1) is 21.5 Å². The van der Waals surface area contributed by atoms with Gasteiger partial charge in [-0.3, -0.25) is 9.69 Å². The van der Waals surface area contributed by atoms with E-state index >= 15 is 0 Å². The van der Waals surface area contributed by atoms with Gasteiger partial charge in [0.2, 0.25) is 11.8 Å². The highest BCUT2D eigenvalue weighted by molar-refractivity contribution is 7.10. The van der Waals surface area contributed by atoms with E-state index in [1.54, 1.807) is 11.3 Å². The molecule has 0 spiro atoms. The zero-order chi connectivity index (χ0) is 27.2. The molecule has 0 aromatic carbocycles. The molecule has 38 heavy (non-hydrogen) atoms. The Hall–Kier alpha value is -1.87. The van der Waals surface area contributed by atoms with Crippen molar-refractivity contribution in [2.75, 3.05) is 6.54 Å². The third kappa shape index (κ3) is 5.55. The largest absolute Gasteiger partial charge is 0.348 e. The van der Waals surface area contributed by atoms with E-state index in [1.165, 1.54) is 28.8 Å². The van der Waals surface area contributed by atoms with E-state index in [2.05, 4.69) is 65.0 Å². The lowest BCUT2D eigenvalue weighted by Crippen LogP contribution is -2.45. The number of hydrogen-bond donors (Lipinski definition) is 1. The van der Waals surface area contributed by atoms with Crippen molar-refractivity contribution in [2.45, 2.75) is 128 Å². The number of nitrogens with zero attached hydrogens (tertiary/aromatic N) is 4. The van der Waals surface area contributed by atoms with E-state index < -0.39 is 5.92 Å². The number of fused-ring (bicyclic) bond motifs is 2. The van der Waals surface area contributed by atoms with Crippen molar-refractivity contribution < 1.29 is 13.6 Å². The van der Waals surface area contributed by atoms with Crippen molar-refractivity contribution in [3.63, 3.8) is 0 Å². The Morgan fingerprint density at radius 3 is 2.32 bits per heavy atom. The highest BCUT2D eigenvalue weighted by Crippen LogP contribution is 2.43. The maximum absolute atomic E-state index is 13.7. The molecule has 2 aliphatic heterocycles. The number of aromatic nitrogens is 3. The third-order valence-corrected chi connectivity index (χ3v) is 10.7. The van der Waals surface area contributed by atoms with E-state index in [0.717, 1.165) is 37.5 Å². The molecular formula is C29H43F2N5OS. The average Bonchev–Trinajstić information content (AvgIpc) is 3.49. The van der Waals surface area contributed by atoms with Crippen LogP contribution in [0.1, 0.15) is 117 Å². The molecule has 2 unspecified atom stereocenters.